The Balaban J connectivity index is 0.000000286. The Bertz CT molecular complexity index is 1350. The zero-order valence-electron chi connectivity index (χ0n) is 24.3. The number of carbonyl (C=O) groups is 1. The minimum Gasteiger partial charge on any atom is -0.489 e. The van der Waals surface area contributed by atoms with Crippen LogP contribution in [0.3, 0.4) is 0 Å². The average molecular weight is 615 g/mol. The van der Waals surface area contributed by atoms with E-state index in [1.807, 2.05) is 66.7 Å². The van der Waals surface area contributed by atoms with Crippen LogP contribution in [0.15, 0.2) is 39.5 Å². The van der Waals surface area contributed by atoms with Crippen molar-refractivity contribution in [3.05, 3.63) is 67.9 Å². The van der Waals surface area contributed by atoms with Gasteiger partial charge in [0.2, 0.25) is 11.8 Å². The van der Waals surface area contributed by atoms with Gasteiger partial charge in [0, 0.05) is 18.1 Å². The van der Waals surface area contributed by atoms with Crippen molar-refractivity contribution >= 4 is 46.4 Å². The lowest BCUT2D eigenvalue weighted by molar-refractivity contribution is -0.117. The van der Waals surface area contributed by atoms with E-state index in [2.05, 4.69) is 12.0 Å². The van der Waals surface area contributed by atoms with Crippen molar-refractivity contribution < 1.29 is 18.7 Å². The maximum absolute atomic E-state index is 12.1. The molecule has 0 saturated carbocycles. The lowest BCUT2D eigenvalue weighted by Gasteiger charge is -2.25. The summed E-state index contributed by atoms with van der Waals surface area (Å²) in [5.74, 6) is -0.0123. The molecule has 0 fully saturated rings. The zero-order chi connectivity index (χ0) is 30.2. The van der Waals surface area contributed by atoms with E-state index in [1.54, 1.807) is 11.0 Å². The number of nitrogens with zero attached hydrogens (tertiary/aromatic N) is 3. The second-order valence-corrected chi connectivity index (χ2v) is 11.3. The molecule has 1 aromatic heterocycles. The summed E-state index contributed by atoms with van der Waals surface area (Å²) in [5.41, 5.74) is 3.10. The van der Waals surface area contributed by atoms with Crippen LogP contribution in [0, 0.1) is 6.92 Å². The monoisotopic (exact) mass is 613 g/mol. The number of aryl methyl sites for hydroxylation is 2. The van der Waals surface area contributed by atoms with Crippen LogP contribution in [-0.2, 0) is 21.4 Å². The molecular weight excluding hydrogens is 577 g/mol. The highest BCUT2D eigenvalue weighted by molar-refractivity contribution is 6.36. The van der Waals surface area contributed by atoms with Crippen molar-refractivity contribution in [3.63, 3.8) is 0 Å². The summed E-state index contributed by atoms with van der Waals surface area (Å²) >= 11 is 18.0. The SMILES string of the molecule is CC(C)Oc1cc(-n2nc(C(C)(C)C)oc2=O)c(Cl)cc1Cl.CCOCN(C(=O)CCl)c1c(C)cccc1CC. The number of hydrogen-bond acceptors (Lipinski definition) is 6. The number of halogens is 3. The van der Waals surface area contributed by atoms with Gasteiger partial charge in [0.05, 0.1) is 27.5 Å². The molecule has 0 spiro atoms. The molecule has 0 N–H and O–H groups in total. The third kappa shape index (κ3) is 8.74. The van der Waals surface area contributed by atoms with Gasteiger partial charge >= 0.3 is 5.76 Å². The van der Waals surface area contributed by atoms with Crippen LogP contribution in [0.25, 0.3) is 5.69 Å². The summed E-state index contributed by atoms with van der Waals surface area (Å²) in [6.45, 7) is 16.3. The van der Waals surface area contributed by atoms with E-state index in [0.717, 1.165) is 27.9 Å². The Morgan fingerprint density at radius 3 is 2.35 bits per heavy atom. The number of alkyl halides is 1. The Kier molecular flexibility index (Phi) is 12.6. The lowest BCUT2D eigenvalue weighted by Crippen LogP contribution is -2.35. The van der Waals surface area contributed by atoms with Gasteiger partial charge in [-0.05, 0) is 51.3 Å². The molecule has 1 heterocycles. The number of carbonyl (C=O) groups excluding carboxylic acids is 1. The van der Waals surface area contributed by atoms with Crippen LogP contribution >= 0.6 is 34.8 Å². The summed E-state index contributed by atoms with van der Waals surface area (Å²) in [6, 6.07) is 9.13. The number of aromatic nitrogens is 2. The van der Waals surface area contributed by atoms with Crippen molar-refractivity contribution in [1.29, 1.82) is 0 Å². The minimum atomic E-state index is -0.607. The quantitative estimate of drug-likeness (QED) is 0.185. The van der Waals surface area contributed by atoms with Gasteiger partial charge in [0.25, 0.3) is 0 Å². The summed E-state index contributed by atoms with van der Waals surface area (Å²) in [6.07, 6.45) is 0.806. The number of para-hydroxylation sites is 1. The predicted molar refractivity (Wildman–Crippen MR) is 162 cm³/mol. The maximum Gasteiger partial charge on any atom is 0.442 e. The van der Waals surface area contributed by atoms with Gasteiger partial charge in [0.15, 0.2) is 0 Å². The number of amides is 1. The first-order chi connectivity index (χ1) is 18.7. The molecule has 40 heavy (non-hydrogen) atoms. The van der Waals surface area contributed by atoms with Gasteiger partial charge in [-0.25, -0.2) is 4.79 Å². The number of hydrogen-bond donors (Lipinski definition) is 0. The number of benzene rings is 2. The predicted octanol–water partition coefficient (Wildman–Crippen LogP) is 7.34. The fraction of sp³-hybridized carbons (Fsp3) is 0.483. The Labute approximate surface area is 251 Å². The third-order valence-corrected chi connectivity index (χ3v) is 6.42. The van der Waals surface area contributed by atoms with Gasteiger partial charge in [-0.15, -0.1) is 16.7 Å². The largest absolute Gasteiger partial charge is 0.489 e. The van der Waals surface area contributed by atoms with Crippen LogP contribution in [0.1, 0.15) is 65.5 Å². The van der Waals surface area contributed by atoms with Crippen molar-refractivity contribution in [2.24, 2.45) is 0 Å². The average Bonchev–Trinajstić information content (AvgIpc) is 3.28. The second-order valence-electron chi connectivity index (χ2n) is 10.2. The molecule has 0 atom stereocenters. The first-order valence-corrected chi connectivity index (χ1v) is 14.3. The van der Waals surface area contributed by atoms with Gasteiger partial charge in [0.1, 0.15) is 18.4 Å². The molecule has 0 aliphatic heterocycles. The highest BCUT2D eigenvalue weighted by atomic mass is 35.5. The maximum atomic E-state index is 12.1. The highest BCUT2D eigenvalue weighted by Gasteiger charge is 2.24. The standard InChI is InChI=1S/C15H18Cl2N2O3.C14H20ClNO2/c1-8(2)21-12-7-11(9(16)6-10(12)17)19-14(20)22-13(18-19)15(3,4)5;1-4-12-8-6-7-11(3)14(12)16(10-18-5-2)13(17)9-15/h6-8H,1-5H3;6-8H,4-5,9-10H2,1-3H3. The second kappa shape index (κ2) is 14.9. The topological polar surface area (TPSA) is 86.8 Å². The van der Waals surface area contributed by atoms with E-state index in [0.29, 0.717) is 29.0 Å². The van der Waals surface area contributed by atoms with Gasteiger partial charge in [-0.1, -0.05) is 69.1 Å². The zero-order valence-corrected chi connectivity index (χ0v) is 26.6. The fourth-order valence-corrected chi connectivity index (χ4v) is 4.32. The molecule has 1 amide bonds. The van der Waals surface area contributed by atoms with Gasteiger partial charge in [-0.3, -0.25) is 9.69 Å². The molecule has 3 aromatic rings. The van der Waals surface area contributed by atoms with Crippen LogP contribution in [0.2, 0.25) is 10.0 Å². The molecule has 11 heteroatoms. The first kappa shape index (κ1) is 33.7. The molecule has 0 unspecified atom stereocenters. The smallest absolute Gasteiger partial charge is 0.442 e. The van der Waals surface area contributed by atoms with E-state index >= 15 is 0 Å². The minimum absolute atomic E-state index is 0.0371. The van der Waals surface area contributed by atoms with E-state index < -0.39 is 5.76 Å². The van der Waals surface area contributed by atoms with Crippen LogP contribution in [-0.4, -0.2) is 41.0 Å². The summed E-state index contributed by atoms with van der Waals surface area (Å²) < 4.78 is 17.3. The number of rotatable bonds is 9. The van der Waals surface area contributed by atoms with Crippen LogP contribution in [0.5, 0.6) is 5.75 Å². The van der Waals surface area contributed by atoms with Crippen molar-refractivity contribution in [2.45, 2.75) is 73.3 Å². The van der Waals surface area contributed by atoms with E-state index in [1.165, 1.54) is 6.07 Å². The summed E-state index contributed by atoms with van der Waals surface area (Å²) in [5, 5.41) is 4.88. The molecule has 0 radical (unpaired) electrons. The van der Waals surface area contributed by atoms with Crippen LogP contribution in [0.4, 0.5) is 5.69 Å². The molecule has 8 nitrogen and oxygen atoms in total. The van der Waals surface area contributed by atoms with Crippen molar-refractivity contribution in [3.8, 4) is 11.4 Å². The molecule has 220 valence electrons. The molecule has 0 aliphatic carbocycles. The van der Waals surface area contributed by atoms with Crippen molar-refractivity contribution in [2.75, 3.05) is 24.1 Å². The molecule has 2 aromatic carbocycles. The number of ether oxygens (including phenoxy) is 2. The lowest BCUT2D eigenvalue weighted by atomic mass is 9.97. The summed E-state index contributed by atoms with van der Waals surface area (Å²) in [4.78, 5) is 25.6. The van der Waals surface area contributed by atoms with Crippen molar-refractivity contribution in [1.82, 2.24) is 9.78 Å². The highest BCUT2D eigenvalue weighted by Crippen LogP contribution is 2.33. The first-order valence-electron chi connectivity index (χ1n) is 13.0. The molecule has 3 rings (SSSR count). The van der Waals surface area contributed by atoms with Crippen LogP contribution < -0.4 is 15.4 Å². The third-order valence-electron chi connectivity index (χ3n) is 5.59. The molecule has 0 bridgehead atoms. The summed E-state index contributed by atoms with van der Waals surface area (Å²) in [7, 11) is 0. The van der Waals surface area contributed by atoms with E-state index in [4.69, 9.17) is 48.7 Å². The Hall–Kier alpha value is -2.52. The Morgan fingerprint density at radius 1 is 1.15 bits per heavy atom. The van der Waals surface area contributed by atoms with Gasteiger partial charge < -0.3 is 13.9 Å². The van der Waals surface area contributed by atoms with E-state index in [9.17, 15) is 9.59 Å². The van der Waals surface area contributed by atoms with E-state index in [-0.39, 0.29) is 35.1 Å². The number of anilines is 1. The normalized spacial score (nSPS) is 11.3. The van der Waals surface area contributed by atoms with Gasteiger partial charge in [-0.2, -0.15) is 4.68 Å². The Morgan fingerprint density at radius 2 is 1.82 bits per heavy atom. The molecule has 0 aliphatic rings. The fourth-order valence-electron chi connectivity index (χ4n) is 3.67. The molecule has 0 saturated heterocycles. The molecular formula is C29H38Cl3N3O5.